The molecule has 26 heavy (non-hydrogen) atoms. The molecule has 1 aromatic carbocycles. The van der Waals surface area contributed by atoms with Gasteiger partial charge < -0.3 is 14.0 Å². The standard InChI is InChI=1S/C20H23N3O3/c1-13-10-17(20-22-15(3)26-23-20)11-14(2)19(13)25-9-5-6-16-7-8-18(24-4)21-12-16/h7-8,10-12H,5-6,9H2,1-4H3. The van der Waals surface area contributed by atoms with Gasteiger partial charge in [0.1, 0.15) is 5.75 Å². The van der Waals surface area contributed by atoms with Gasteiger partial charge in [-0.2, -0.15) is 4.98 Å². The van der Waals surface area contributed by atoms with Gasteiger partial charge in [0.25, 0.3) is 0 Å². The molecule has 136 valence electrons. The molecular formula is C20H23N3O3. The van der Waals surface area contributed by atoms with Gasteiger partial charge in [0, 0.05) is 24.8 Å². The molecular weight excluding hydrogens is 330 g/mol. The molecule has 2 aromatic heterocycles. The summed E-state index contributed by atoms with van der Waals surface area (Å²) in [7, 11) is 1.62. The number of nitrogens with zero attached hydrogens (tertiary/aromatic N) is 3. The second kappa shape index (κ2) is 7.99. The summed E-state index contributed by atoms with van der Waals surface area (Å²) in [5, 5.41) is 3.98. The molecule has 0 unspecified atom stereocenters. The van der Waals surface area contributed by atoms with Crippen LogP contribution in [0.2, 0.25) is 0 Å². The summed E-state index contributed by atoms with van der Waals surface area (Å²) >= 11 is 0. The van der Waals surface area contributed by atoms with Crippen LogP contribution in [-0.2, 0) is 6.42 Å². The van der Waals surface area contributed by atoms with E-state index in [0.717, 1.165) is 35.3 Å². The smallest absolute Gasteiger partial charge is 0.223 e. The van der Waals surface area contributed by atoms with Crippen LogP contribution in [0.25, 0.3) is 11.4 Å². The van der Waals surface area contributed by atoms with Gasteiger partial charge in [0.2, 0.25) is 17.6 Å². The number of rotatable bonds is 7. The van der Waals surface area contributed by atoms with Crippen LogP contribution in [-0.4, -0.2) is 28.8 Å². The molecule has 3 aromatic rings. The van der Waals surface area contributed by atoms with E-state index in [0.29, 0.717) is 24.2 Å². The number of aryl methyl sites for hydroxylation is 4. The average Bonchev–Trinajstić information content (AvgIpc) is 3.07. The highest BCUT2D eigenvalue weighted by atomic mass is 16.5. The van der Waals surface area contributed by atoms with Crippen molar-refractivity contribution in [1.29, 1.82) is 0 Å². The van der Waals surface area contributed by atoms with E-state index in [1.165, 1.54) is 5.56 Å². The summed E-state index contributed by atoms with van der Waals surface area (Å²) in [6.45, 7) is 6.50. The Bertz CT molecular complexity index is 849. The van der Waals surface area contributed by atoms with Crippen molar-refractivity contribution in [1.82, 2.24) is 15.1 Å². The number of hydrogen-bond donors (Lipinski definition) is 0. The topological polar surface area (TPSA) is 70.3 Å². The van der Waals surface area contributed by atoms with Gasteiger partial charge in [-0.15, -0.1) is 0 Å². The molecule has 0 N–H and O–H groups in total. The number of ether oxygens (including phenoxy) is 2. The van der Waals surface area contributed by atoms with Crippen molar-refractivity contribution < 1.29 is 14.0 Å². The van der Waals surface area contributed by atoms with E-state index in [4.69, 9.17) is 14.0 Å². The zero-order valence-corrected chi connectivity index (χ0v) is 15.6. The minimum absolute atomic E-state index is 0.559. The first-order valence-electron chi connectivity index (χ1n) is 8.60. The first kappa shape index (κ1) is 17.9. The normalized spacial score (nSPS) is 10.8. The van der Waals surface area contributed by atoms with Crippen LogP contribution in [0.4, 0.5) is 0 Å². The third-order valence-electron chi connectivity index (χ3n) is 4.11. The maximum absolute atomic E-state index is 6.02. The Kier molecular flexibility index (Phi) is 5.51. The van der Waals surface area contributed by atoms with Crippen molar-refractivity contribution in [3.8, 4) is 23.0 Å². The lowest BCUT2D eigenvalue weighted by Gasteiger charge is -2.13. The van der Waals surface area contributed by atoms with Gasteiger partial charge >= 0.3 is 0 Å². The Morgan fingerprint density at radius 1 is 1.08 bits per heavy atom. The fourth-order valence-corrected chi connectivity index (χ4v) is 2.85. The molecule has 0 aliphatic rings. The zero-order valence-electron chi connectivity index (χ0n) is 15.6. The molecule has 0 spiro atoms. The van der Waals surface area contributed by atoms with E-state index in [-0.39, 0.29) is 0 Å². The SMILES string of the molecule is COc1ccc(CCCOc2c(C)cc(-c3noc(C)n3)cc2C)cn1. The molecule has 0 aliphatic heterocycles. The highest BCUT2D eigenvalue weighted by Crippen LogP contribution is 2.29. The number of methoxy groups -OCH3 is 1. The maximum Gasteiger partial charge on any atom is 0.223 e. The molecule has 2 heterocycles. The third kappa shape index (κ3) is 4.20. The molecule has 6 heteroatoms. The second-order valence-corrected chi connectivity index (χ2v) is 6.24. The van der Waals surface area contributed by atoms with Crippen molar-refractivity contribution in [2.24, 2.45) is 0 Å². The molecule has 0 bridgehead atoms. The Morgan fingerprint density at radius 2 is 1.85 bits per heavy atom. The molecule has 6 nitrogen and oxygen atoms in total. The Hall–Kier alpha value is -2.89. The van der Waals surface area contributed by atoms with E-state index in [1.54, 1.807) is 14.0 Å². The van der Waals surface area contributed by atoms with Crippen molar-refractivity contribution in [2.75, 3.05) is 13.7 Å². The molecule has 0 aliphatic carbocycles. The van der Waals surface area contributed by atoms with E-state index in [1.807, 2.05) is 44.3 Å². The number of benzene rings is 1. The predicted molar refractivity (Wildman–Crippen MR) is 98.6 cm³/mol. The van der Waals surface area contributed by atoms with Gasteiger partial charge in [-0.1, -0.05) is 11.2 Å². The minimum atomic E-state index is 0.559. The summed E-state index contributed by atoms with van der Waals surface area (Å²) in [5.41, 5.74) is 4.24. The first-order chi connectivity index (χ1) is 12.6. The summed E-state index contributed by atoms with van der Waals surface area (Å²) in [5.74, 6) is 2.71. The molecule has 3 rings (SSSR count). The third-order valence-corrected chi connectivity index (χ3v) is 4.11. The van der Waals surface area contributed by atoms with Crippen LogP contribution in [0.5, 0.6) is 11.6 Å². The summed E-state index contributed by atoms with van der Waals surface area (Å²) in [4.78, 5) is 8.50. The zero-order chi connectivity index (χ0) is 18.5. The average molecular weight is 353 g/mol. The maximum atomic E-state index is 6.02. The Balaban J connectivity index is 1.59. The Labute approximate surface area is 153 Å². The van der Waals surface area contributed by atoms with Crippen LogP contribution in [0.1, 0.15) is 29.0 Å². The van der Waals surface area contributed by atoms with Crippen LogP contribution < -0.4 is 9.47 Å². The van der Waals surface area contributed by atoms with Crippen molar-refractivity contribution in [3.63, 3.8) is 0 Å². The van der Waals surface area contributed by atoms with Gasteiger partial charge in [-0.25, -0.2) is 4.98 Å². The quantitative estimate of drug-likeness (QED) is 0.596. The highest BCUT2D eigenvalue weighted by Gasteiger charge is 2.11. The molecule has 0 saturated carbocycles. The fourth-order valence-electron chi connectivity index (χ4n) is 2.85. The van der Waals surface area contributed by atoms with E-state index in [2.05, 4.69) is 15.1 Å². The van der Waals surface area contributed by atoms with Crippen LogP contribution in [0, 0.1) is 20.8 Å². The van der Waals surface area contributed by atoms with Crippen molar-refractivity contribution in [2.45, 2.75) is 33.6 Å². The van der Waals surface area contributed by atoms with Crippen LogP contribution >= 0.6 is 0 Å². The monoisotopic (exact) mass is 353 g/mol. The predicted octanol–water partition coefficient (Wildman–Crippen LogP) is 4.08. The number of aromatic nitrogens is 3. The molecule has 0 saturated heterocycles. The second-order valence-electron chi connectivity index (χ2n) is 6.24. The van der Waals surface area contributed by atoms with Gasteiger partial charge in [0.05, 0.1) is 13.7 Å². The van der Waals surface area contributed by atoms with Gasteiger partial charge in [0.15, 0.2) is 0 Å². The Morgan fingerprint density at radius 3 is 2.42 bits per heavy atom. The van der Waals surface area contributed by atoms with Crippen molar-refractivity contribution >= 4 is 0 Å². The lowest BCUT2D eigenvalue weighted by Crippen LogP contribution is -2.03. The van der Waals surface area contributed by atoms with Crippen LogP contribution in [0.3, 0.4) is 0 Å². The first-order valence-corrected chi connectivity index (χ1v) is 8.60. The van der Waals surface area contributed by atoms with E-state index in [9.17, 15) is 0 Å². The van der Waals surface area contributed by atoms with E-state index >= 15 is 0 Å². The molecule has 0 fully saturated rings. The lowest BCUT2D eigenvalue weighted by molar-refractivity contribution is 0.307. The fraction of sp³-hybridized carbons (Fsp3) is 0.350. The lowest BCUT2D eigenvalue weighted by atomic mass is 10.1. The largest absolute Gasteiger partial charge is 0.493 e. The summed E-state index contributed by atoms with van der Waals surface area (Å²) in [6, 6.07) is 7.97. The molecule has 0 radical (unpaired) electrons. The molecule has 0 atom stereocenters. The minimum Gasteiger partial charge on any atom is -0.493 e. The van der Waals surface area contributed by atoms with Gasteiger partial charge in [-0.3, -0.25) is 0 Å². The number of pyridine rings is 1. The number of hydrogen-bond acceptors (Lipinski definition) is 6. The van der Waals surface area contributed by atoms with Crippen LogP contribution in [0.15, 0.2) is 35.0 Å². The van der Waals surface area contributed by atoms with E-state index < -0.39 is 0 Å². The highest BCUT2D eigenvalue weighted by molar-refractivity contribution is 5.60. The van der Waals surface area contributed by atoms with Gasteiger partial charge in [-0.05, 0) is 55.5 Å². The molecule has 0 amide bonds. The summed E-state index contributed by atoms with van der Waals surface area (Å²) < 4.78 is 16.2. The van der Waals surface area contributed by atoms with Crippen molar-refractivity contribution in [3.05, 3.63) is 53.0 Å². The summed E-state index contributed by atoms with van der Waals surface area (Å²) in [6.07, 6.45) is 3.67.